The molecule has 1 amide bonds. The SMILES string of the molecule is CN(C)c1ccc(C(NC(=O)OCc2ccccc2)C(C)(C)C(=O)O)cc1. The van der Waals surface area contributed by atoms with Crippen molar-refractivity contribution in [3.8, 4) is 0 Å². The zero-order chi connectivity index (χ0) is 20.0. The van der Waals surface area contributed by atoms with Crippen molar-refractivity contribution in [1.82, 2.24) is 5.32 Å². The molecule has 0 aliphatic carbocycles. The number of carboxylic acids is 1. The Labute approximate surface area is 159 Å². The number of carbonyl (C=O) groups is 2. The molecular formula is C21H26N2O4. The fraction of sp³-hybridized carbons (Fsp3) is 0.333. The van der Waals surface area contributed by atoms with Gasteiger partial charge in [-0.15, -0.1) is 0 Å². The molecule has 0 saturated heterocycles. The zero-order valence-corrected chi connectivity index (χ0v) is 16.1. The quantitative estimate of drug-likeness (QED) is 0.774. The first kappa shape index (κ1) is 20.3. The third-order valence-electron chi connectivity index (χ3n) is 4.49. The van der Waals surface area contributed by atoms with E-state index in [0.29, 0.717) is 5.56 Å². The zero-order valence-electron chi connectivity index (χ0n) is 16.1. The highest BCUT2D eigenvalue weighted by Gasteiger charge is 2.39. The van der Waals surface area contributed by atoms with Crippen LogP contribution in [0, 0.1) is 5.41 Å². The summed E-state index contributed by atoms with van der Waals surface area (Å²) in [5, 5.41) is 12.4. The molecule has 1 unspecified atom stereocenters. The third kappa shape index (κ3) is 5.23. The van der Waals surface area contributed by atoms with E-state index < -0.39 is 23.5 Å². The molecule has 6 heteroatoms. The molecule has 0 spiro atoms. The van der Waals surface area contributed by atoms with Gasteiger partial charge in [0.1, 0.15) is 6.61 Å². The van der Waals surface area contributed by atoms with Crippen molar-refractivity contribution in [2.75, 3.05) is 19.0 Å². The smallest absolute Gasteiger partial charge is 0.407 e. The predicted molar refractivity (Wildman–Crippen MR) is 105 cm³/mol. The van der Waals surface area contributed by atoms with Gasteiger partial charge in [0.15, 0.2) is 0 Å². The fourth-order valence-electron chi connectivity index (χ4n) is 2.65. The Morgan fingerprint density at radius 2 is 1.67 bits per heavy atom. The molecule has 0 fully saturated rings. The Bertz CT molecular complexity index is 771. The molecule has 2 N–H and O–H groups in total. The molecule has 0 aromatic heterocycles. The summed E-state index contributed by atoms with van der Waals surface area (Å²) in [5.41, 5.74) is 1.32. The van der Waals surface area contributed by atoms with Gasteiger partial charge in [-0.1, -0.05) is 42.5 Å². The molecule has 27 heavy (non-hydrogen) atoms. The lowest BCUT2D eigenvalue weighted by atomic mass is 9.80. The summed E-state index contributed by atoms with van der Waals surface area (Å²) in [4.78, 5) is 26.0. The van der Waals surface area contributed by atoms with Gasteiger partial charge in [0.25, 0.3) is 0 Å². The Balaban J connectivity index is 2.17. The van der Waals surface area contributed by atoms with Crippen LogP contribution in [-0.4, -0.2) is 31.3 Å². The lowest BCUT2D eigenvalue weighted by Gasteiger charge is -2.31. The Kier molecular flexibility index (Phi) is 6.45. The fourth-order valence-corrected chi connectivity index (χ4v) is 2.65. The van der Waals surface area contributed by atoms with Crippen LogP contribution in [0.5, 0.6) is 0 Å². The van der Waals surface area contributed by atoms with E-state index in [1.54, 1.807) is 13.8 Å². The second kappa shape index (κ2) is 8.58. The van der Waals surface area contributed by atoms with Crippen LogP contribution in [0.15, 0.2) is 54.6 Å². The first-order valence-corrected chi connectivity index (χ1v) is 8.69. The molecule has 0 aliphatic heterocycles. The predicted octanol–water partition coefficient (Wildman–Crippen LogP) is 3.83. The summed E-state index contributed by atoms with van der Waals surface area (Å²) in [5.74, 6) is -1.01. The van der Waals surface area contributed by atoms with E-state index >= 15 is 0 Å². The Morgan fingerprint density at radius 1 is 1.07 bits per heavy atom. The molecule has 0 aliphatic rings. The van der Waals surface area contributed by atoms with Gasteiger partial charge in [-0.05, 0) is 37.1 Å². The number of hydrogen-bond donors (Lipinski definition) is 2. The van der Waals surface area contributed by atoms with Crippen LogP contribution in [0.25, 0.3) is 0 Å². The van der Waals surface area contributed by atoms with Crippen molar-refractivity contribution >= 4 is 17.7 Å². The summed E-state index contributed by atoms with van der Waals surface area (Å²) >= 11 is 0. The van der Waals surface area contributed by atoms with Crippen molar-refractivity contribution in [3.05, 3.63) is 65.7 Å². The van der Waals surface area contributed by atoms with Crippen LogP contribution >= 0.6 is 0 Å². The number of nitrogens with one attached hydrogen (secondary N) is 1. The van der Waals surface area contributed by atoms with E-state index in [0.717, 1.165) is 11.3 Å². The number of aliphatic carboxylic acids is 1. The van der Waals surface area contributed by atoms with E-state index in [1.807, 2.05) is 73.6 Å². The number of alkyl carbamates (subject to hydrolysis) is 1. The van der Waals surface area contributed by atoms with Gasteiger partial charge in [-0.2, -0.15) is 0 Å². The maximum atomic E-state index is 12.3. The molecule has 2 aromatic carbocycles. The number of carboxylic acid groups (broad SMARTS) is 1. The number of carbonyl (C=O) groups excluding carboxylic acids is 1. The van der Waals surface area contributed by atoms with E-state index in [9.17, 15) is 14.7 Å². The highest BCUT2D eigenvalue weighted by molar-refractivity contribution is 5.77. The van der Waals surface area contributed by atoms with Crippen molar-refractivity contribution in [3.63, 3.8) is 0 Å². The largest absolute Gasteiger partial charge is 0.481 e. The summed E-state index contributed by atoms with van der Waals surface area (Å²) in [6.45, 7) is 3.28. The van der Waals surface area contributed by atoms with Gasteiger partial charge >= 0.3 is 12.1 Å². The molecule has 0 radical (unpaired) electrons. The number of ether oxygens (including phenoxy) is 1. The maximum Gasteiger partial charge on any atom is 0.407 e. The van der Waals surface area contributed by atoms with Gasteiger partial charge in [0.05, 0.1) is 11.5 Å². The van der Waals surface area contributed by atoms with Gasteiger partial charge in [0.2, 0.25) is 0 Å². The molecule has 6 nitrogen and oxygen atoms in total. The van der Waals surface area contributed by atoms with E-state index in [4.69, 9.17) is 4.74 Å². The van der Waals surface area contributed by atoms with Crippen LogP contribution < -0.4 is 10.2 Å². The minimum Gasteiger partial charge on any atom is -0.481 e. The highest BCUT2D eigenvalue weighted by atomic mass is 16.5. The number of nitrogens with zero attached hydrogens (tertiary/aromatic N) is 1. The summed E-state index contributed by atoms with van der Waals surface area (Å²) < 4.78 is 5.27. The monoisotopic (exact) mass is 370 g/mol. The van der Waals surface area contributed by atoms with Gasteiger partial charge in [-0.3, -0.25) is 4.79 Å². The Hall–Kier alpha value is -3.02. The average Bonchev–Trinajstić information content (AvgIpc) is 2.65. The molecule has 144 valence electrons. The van der Waals surface area contributed by atoms with Crippen molar-refractivity contribution < 1.29 is 19.4 Å². The number of rotatable bonds is 7. The molecule has 0 bridgehead atoms. The molecule has 2 rings (SSSR count). The van der Waals surface area contributed by atoms with Crippen LogP contribution in [0.2, 0.25) is 0 Å². The van der Waals surface area contributed by atoms with E-state index in [2.05, 4.69) is 5.32 Å². The Morgan fingerprint density at radius 3 is 2.19 bits per heavy atom. The van der Waals surface area contributed by atoms with Crippen LogP contribution in [-0.2, 0) is 16.1 Å². The summed E-state index contributed by atoms with van der Waals surface area (Å²) in [6, 6.07) is 16.0. The molecule has 0 saturated carbocycles. The minimum atomic E-state index is -1.22. The van der Waals surface area contributed by atoms with Crippen LogP contribution in [0.1, 0.15) is 31.0 Å². The van der Waals surface area contributed by atoms with E-state index in [1.165, 1.54) is 0 Å². The van der Waals surface area contributed by atoms with Crippen molar-refractivity contribution in [2.45, 2.75) is 26.5 Å². The second-order valence-corrected chi connectivity index (χ2v) is 7.15. The third-order valence-corrected chi connectivity index (χ3v) is 4.49. The maximum absolute atomic E-state index is 12.3. The standard InChI is InChI=1S/C21H26N2O4/c1-21(2,19(24)25)18(16-10-12-17(13-11-16)23(3)4)22-20(26)27-14-15-8-6-5-7-9-15/h5-13,18H,14H2,1-4H3,(H,22,26)(H,24,25). The summed E-state index contributed by atoms with van der Waals surface area (Å²) in [6.07, 6.45) is -0.658. The molecule has 0 heterocycles. The molecule has 1 atom stereocenters. The number of benzene rings is 2. The van der Waals surface area contributed by atoms with Crippen molar-refractivity contribution in [2.24, 2.45) is 5.41 Å². The van der Waals surface area contributed by atoms with Crippen LogP contribution in [0.3, 0.4) is 0 Å². The normalized spacial score (nSPS) is 12.1. The lowest BCUT2D eigenvalue weighted by molar-refractivity contribution is -0.148. The first-order valence-electron chi connectivity index (χ1n) is 8.69. The highest BCUT2D eigenvalue weighted by Crippen LogP contribution is 2.34. The van der Waals surface area contributed by atoms with E-state index in [-0.39, 0.29) is 6.61 Å². The first-order chi connectivity index (χ1) is 12.7. The van der Waals surface area contributed by atoms with Crippen LogP contribution in [0.4, 0.5) is 10.5 Å². The van der Waals surface area contributed by atoms with Gasteiger partial charge in [0, 0.05) is 19.8 Å². The molecule has 2 aromatic rings. The number of hydrogen-bond acceptors (Lipinski definition) is 4. The van der Waals surface area contributed by atoms with Crippen molar-refractivity contribution in [1.29, 1.82) is 0 Å². The second-order valence-electron chi connectivity index (χ2n) is 7.15. The molecular weight excluding hydrogens is 344 g/mol. The summed E-state index contributed by atoms with van der Waals surface area (Å²) in [7, 11) is 3.85. The number of amides is 1. The van der Waals surface area contributed by atoms with Gasteiger partial charge in [-0.25, -0.2) is 4.79 Å². The average molecular weight is 370 g/mol. The minimum absolute atomic E-state index is 0.118. The topological polar surface area (TPSA) is 78.9 Å². The number of anilines is 1. The van der Waals surface area contributed by atoms with Gasteiger partial charge < -0.3 is 20.1 Å². The lowest BCUT2D eigenvalue weighted by Crippen LogP contribution is -2.42.